The van der Waals surface area contributed by atoms with Crippen LogP contribution in [0.3, 0.4) is 0 Å². The van der Waals surface area contributed by atoms with Gasteiger partial charge in [0.15, 0.2) is 17.2 Å². The van der Waals surface area contributed by atoms with Gasteiger partial charge in [-0.25, -0.2) is 9.23 Å². The SMILES string of the molecule is COc1cc(C#CC(C)(C)ON2C(=O)c3ccccc3C2=O)ccc1F. The number of benzene rings is 2. The van der Waals surface area contributed by atoms with Crippen LogP contribution in [-0.4, -0.2) is 29.6 Å². The van der Waals surface area contributed by atoms with Crippen molar-refractivity contribution in [3.63, 3.8) is 0 Å². The van der Waals surface area contributed by atoms with Crippen molar-refractivity contribution < 1.29 is 23.6 Å². The minimum absolute atomic E-state index is 0.0795. The van der Waals surface area contributed by atoms with Crippen molar-refractivity contribution in [2.45, 2.75) is 19.4 Å². The third-order valence-electron chi connectivity index (χ3n) is 3.74. The Kier molecular flexibility index (Phi) is 4.49. The van der Waals surface area contributed by atoms with Crippen LogP contribution in [-0.2, 0) is 4.84 Å². The number of amides is 2. The minimum Gasteiger partial charge on any atom is -0.494 e. The zero-order valence-electron chi connectivity index (χ0n) is 14.5. The molecule has 2 amide bonds. The molecule has 0 N–H and O–H groups in total. The number of carbonyl (C=O) groups excluding carboxylic acids is 2. The van der Waals surface area contributed by atoms with E-state index in [1.54, 1.807) is 38.1 Å². The molecule has 0 aromatic heterocycles. The molecule has 3 rings (SSSR count). The van der Waals surface area contributed by atoms with Gasteiger partial charge in [-0.3, -0.25) is 9.59 Å². The summed E-state index contributed by atoms with van der Waals surface area (Å²) < 4.78 is 18.4. The largest absolute Gasteiger partial charge is 0.494 e. The fourth-order valence-corrected chi connectivity index (χ4v) is 2.46. The van der Waals surface area contributed by atoms with Crippen LogP contribution >= 0.6 is 0 Å². The van der Waals surface area contributed by atoms with Crippen LogP contribution in [0.4, 0.5) is 4.39 Å². The summed E-state index contributed by atoms with van der Waals surface area (Å²) in [4.78, 5) is 30.3. The van der Waals surface area contributed by atoms with Crippen LogP contribution in [0.2, 0.25) is 0 Å². The second kappa shape index (κ2) is 6.62. The first-order valence-electron chi connectivity index (χ1n) is 7.86. The normalized spacial score (nSPS) is 13.3. The van der Waals surface area contributed by atoms with E-state index in [1.807, 2.05) is 0 Å². The molecule has 6 heteroatoms. The van der Waals surface area contributed by atoms with E-state index in [2.05, 4.69) is 11.8 Å². The molecule has 0 saturated heterocycles. The molecule has 0 aliphatic carbocycles. The molecule has 0 unspecified atom stereocenters. The van der Waals surface area contributed by atoms with Gasteiger partial charge in [-0.05, 0) is 44.2 Å². The fraction of sp³-hybridized carbons (Fsp3) is 0.200. The van der Waals surface area contributed by atoms with Gasteiger partial charge in [-0.15, -0.1) is 5.06 Å². The lowest BCUT2D eigenvalue weighted by molar-refractivity contribution is -0.148. The first-order chi connectivity index (χ1) is 12.3. The van der Waals surface area contributed by atoms with Crippen molar-refractivity contribution in [2.24, 2.45) is 0 Å². The molecule has 0 saturated carbocycles. The van der Waals surface area contributed by atoms with Crippen molar-refractivity contribution in [2.75, 3.05) is 7.11 Å². The second-order valence-electron chi connectivity index (χ2n) is 6.15. The minimum atomic E-state index is -1.13. The van der Waals surface area contributed by atoms with Crippen molar-refractivity contribution in [3.05, 3.63) is 65.0 Å². The number of carbonyl (C=O) groups is 2. The first kappa shape index (κ1) is 17.6. The van der Waals surface area contributed by atoms with Gasteiger partial charge in [-0.1, -0.05) is 24.0 Å². The highest BCUT2D eigenvalue weighted by Crippen LogP contribution is 2.25. The van der Waals surface area contributed by atoms with E-state index in [9.17, 15) is 14.0 Å². The van der Waals surface area contributed by atoms with E-state index in [0.29, 0.717) is 16.7 Å². The highest BCUT2D eigenvalue weighted by atomic mass is 19.1. The number of hydrogen-bond acceptors (Lipinski definition) is 4. The van der Waals surface area contributed by atoms with Gasteiger partial charge < -0.3 is 4.74 Å². The molecule has 1 heterocycles. The molecular formula is C20H16FNO4. The topological polar surface area (TPSA) is 55.8 Å². The number of fused-ring (bicyclic) bond motifs is 1. The summed E-state index contributed by atoms with van der Waals surface area (Å²) in [6, 6.07) is 10.7. The first-order valence-corrected chi connectivity index (χ1v) is 7.86. The van der Waals surface area contributed by atoms with E-state index in [4.69, 9.17) is 9.57 Å². The summed E-state index contributed by atoms with van der Waals surface area (Å²) in [6.07, 6.45) is 0. The van der Waals surface area contributed by atoms with Gasteiger partial charge in [0.05, 0.1) is 18.2 Å². The zero-order valence-corrected chi connectivity index (χ0v) is 14.5. The number of imide groups is 1. The van der Waals surface area contributed by atoms with Crippen LogP contribution < -0.4 is 4.74 Å². The number of ether oxygens (including phenoxy) is 1. The summed E-state index contributed by atoms with van der Waals surface area (Å²) in [7, 11) is 1.37. The molecule has 26 heavy (non-hydrogen) atoms. The molecule has 0 radical (unpaired) electrons. The van der Waals surface area contributed by atoms with Gasteiger partial charge in [-0.2, -0.15) is 0 Å². The maximum atomic E-state index is 13.5. The van der Waals surface area contributed by atoms with Crippen LogP contribution in [0.25, 0.3) is 0 Å². The maximum Gasteiger partial charge on any atom is 0.285 e. The summed E-state index contributed by atoms with van der Waals surface area (Å²) in [5, 5.41) is 0.727. The van der Waals surface area contributed by atoms with Gasteiger partial charge in [0.2, 0.25) is 0 Å². The number of rotatable bonds is 3. The van der Waals surface area contributed by atoms with Crippen LogP contribution in [0.1, 0.15) is 40.1 Å². The molecule has 1 aliphatic rings. The van der Waals surface area contributed by atoms with Crippen molar-refractivity contribution in [1.29, 1.82) is 0 Å². The van der Waals surface area contributed by atoms with E-state index < -0.39 is 23.2 Å². The third kappa shape index (κ3) is 3.30. The lowest BCUT2D eigenvalue weighted by Gasteiger charge is -2.23. The molecule has 0 bridgehead atoms. The van der Waals surface area contributed by atoms with Crippen LogP contribution in [0.5, 0.6) is 5.75 Å². The Morgan fingerprint density at radius 1 is 1.04 bits per heavy atom. The quantitative estimate of drug-likeness (QED) is 0.628. The summed E-state index contributed by atoms with van der Waals surface area (Å²) >= 11 is 0. The van der Waals surface area contributed by atoms with E-state index >= 15 is 0 Å². The van der Waals surface area contributed by atoms with E-state index in [0.717, 1.165) is 5.06 Å². The average molecular weight is 353 g/mol. The van der Waals surface area contributed by atoms with Gasteiger partial charge in [0.25, 0.3) is 11.8 Å². The summed E-state index contributed by atoms with van der Waals surface area (Å²) in [5.74, 6) is 4.23. The van der Waals surface area contributed by atoms with Gasteiger partial charge in [0.1, 0.15) is 0 Å². The highest BCUT2D eigenvalue weighted by Gasteiger charge is 2.39. The number of hydroxylamine groups is 2. The Labute approximate surface area is 150 Å². The average Bonchev–Trinajstić information content (AvgIpc) is 2.86. The third-order valence-corrected chi connectivity index (χ3v) is 3.74. The predicted octanol–water partition coefficient (Wildman–Crippen LogP) is 3.19. The standard InChI is InChI=1S/C20H16FNO4/c1-20(2,11-10-13-8-9-16(21)17(12-13)25-3)26-22-18(23)14-6-4-5-7-15(14)19(22)24/h4-9,12H,1-3H3. The van der Waals surface area contributed by atoms with Crippen LogP contribution in [0.15, 0.2) is 42.5 Å². The predicted molar refractivity (Wildman–Crippen MR) is 91.9 cm³/mol. The van der Waals surface area contributed by atoms with Crippen LogP contribution in [0, 0.1) is 17.7 Å². The smallest absolute Gasteiger partial charge is 0.285 e. The molecule has 2 aromatic carbocycles. The Bertz CT molecular complexity index is 921. The summed E-state index contributed by atoms with van der Waals surface area (Å²) in [6.45, 7) is 3.26. The Morgan fingerprint density at radius 2 is 1.65 bits per heavy atom. The zero-order chi connectivity index (χ0) is 18.9. The lowest BCUT2D eigenvalue weighted by Crippen LogP contribution is -2.38. The molecular weight excluding hydrogens is 337 g/mol. The molecule has 2 aromatic rings. The van der Waals surface area contributed by atoms with E-state index in [-0.39, 0.29) is 5.75 Å². The van der Waals surface area contributed by atoms with Crippen molar-refractivity contribution in [1.82, 2.24) is 5.06 Å². The molecule has 0 spiro atoms. The molecule has 132 valence electrons. The summed E-state index contributed by atoms with van der Waals surface area (Å²) in [5.41, 5.74) is -0.0222. The number of methoxy groups -OCH3 is 1. The Balaban J connectivity index is 1.81. The number of halogens is 1. The fourth-order valence-electron chi connectivity index (χ4n) is 2.46. The Morgan fingerprint density at radius 3 is 2.23 bits per heavy atom. The Hall–Kier alpha value is -3.17. The van der Waals surface area contributed by atoms with Crippen molar-refractivity contribution >= 4 is 11.8 Å². The van der Waals surface area contributed by atoms with Gasteiger partial charge in [0, 0.05) is 5.56 Å². The molecule has 5 nitrogen and oxygen atoms in total. The molecule has 0 fully saturated rings. The van der Waals surface area contributed by atoms with E-state index in [1.165, 1.54) is 25.3 Å². The second-order valence-corrected chi connectivity index (χ2v) is 6.15. The monoisotopic (exact) mass is 353 g/mol. The number of nitrogens with zero attached hydrogens (tertiary/aromatic N) is 1. The lowest BCUT2D eigenvalue weighted by atomic mass is 10.1. The van der Waals surface area contributed by atoms with Gasteiger partial charge >= 0.3 is 0 Å². The molecule has 1 aliphatic heterocycles. The maximum absolute atomic E-state index is 13.5. The molecule has 0 atom stereocenters. The van der Waals surface area contributed by atoms with Crippen molar-refractivity contribution in [3.8, 4) is 17.6 Å². The highest BCUT2D eigenvalue weighted by molar-refractivity contribution is 6.20. The number of hydrogen-bond donors (Lipinski definition) is 0.